The Morgan fingerprint density at radius 1 is 1.04 bits per heavy atom. The van der Waals surface area contributed by atoms with Gasteiger partial charge in [0.15, 0.2) is 0 Å². The molecule has 0 amide bonds. The molecule has 0 aromatic carbocycles. The Labute approximate surface area is 149 Å². The number of pyridine rings is 2. The number of anilines is 1. The van der Waals surface area contributed by atoms with Crippen molar-refractivity contribution in [2.45, 2.75) is 19.4 Å². The molecule has 2 aliphatic rings. The first kappa shape index (κ1) is 16.5. The summed E-state index contributed by atoms with van der Waals surface area (Å²) in [5, 5.41) is 0. The van der Waals surface area contributed by atoms with Crippen LogP contribution in [0.1, 0.15) is 18.4 Å². The minimum atomic E-state index is 0.201. The van der Waals surface area contributed by atoms with Gasteiger partial charge < -0.3 is 9.64 Å². The van der Waals surface area contributed by atoms with Crippen LogP contribution in [-0.4, -0.2) is 54.3 Å². The zero-order valence-corrected chi connectivity index (χ0v) is 14.7. The number of aromatic nitrogens is 2. The Hall–Kier alpha value is -1.98. The van der Waals surface area contributed by atoms with Crippen LogP contribution in [0.25, 0.3) is 0 Å². The van der Waals surface area contributed by atoms with Crippen LogP contribution in [0.2, 0.25) is 0 Å². The molecule has 2 saturated heterocycles. The maximum atomic E-state index is 6.04. The van der Waals surface area contributed by atoms with E-state index in [9.17, 15) is 0 Å². The van der Waals surface area contributed by atoms with Crippen LogP contribution in [-0.2, 0) is 11.3 Å². The monoisotopic (exact) mass is 338 g/mol. The van der Waals surface area contributed by atoms with E-state index < -0.39 is 0 Å². The van der Waals surface area contributed by atoms with Crippen molar-refractivity contribution in [1.29, 1.82) is 0 Å². The normalized spacial score (nSPS) is 25.0. The number of piperidine rings is 1. The van der Waals surface area contributed by atoms with Crippen LogP contribution in [0.5, 0.6) is 0 Å². The second-order valence-corrected chi connectivity index (χ2v) is 7.36. The largest absolute Gasteiger partial charge is 0.379 e. The van der Waals surface area contributed by atoms with Crippen molar-refractivity contribution in [3.05, 3.63) is 54.6 Å². The van der Waals surface area contributed by atoms with E-state index in [2.05, 4.69) is 31.9 Å². The maximum absolute atomic E-state index is 6.04. The summed E-state index contributed by atoms with van der Waals surface area (Å²) in [6, 6.07) is 8.36. The van der Waals surface area contributed by atoms with Gasteiger partial charge in [-0.15, -0.1) is 0 Å². The molecule has 5 heteroatoms. The summed E-state index contributed by atoms with van der Waals surface area (Å²) >= 11 is 0. The smallest absolute Gasteiger partial charge is 0.0641 e. The number of hydrogen-bond donors (Lipinski definition) is 0. The van der Waals surface area contributed by atoms with E-state index in [1.165, 1.54) is 24.1 Å². The molecule has 1 spiro atoms. The highest BCUT2D eigenvalue weighted by atomic mass is 16.5. The second-order valence-electron chi connectivity index (χ2n) is 7.36. The first-order valence-corrected chi connectivity index (χ1v) is 9.17. The van der Waals surface area contributed by atoms with Crippen LogP contribution in [0.4, 0.5) is 5.69 Å². The third-order valence-corrected chi connectivity index (χ3v) is 5.32. The quantitative estimate of drug-likeness (QED) is 0.860. The molecule has 2 aromatic rings. The fourth-order valence-corrected chi connectivity index (χ4v) is 4.20. The molecule has 4 heterocycles. The van der Waals surface area contributed by atoms with Crippen LogP contribution in [0.15, 0.2) is 49.1 Å². The highest BCUT2D eigenvalue weighted by Crippen LogP contribution is 2.34. The molecule has 2 aromatic heterocycles. The van der Waals surface area contributed by atoms with Gasteiger partial charge in [0, 0.05) is 50.2 Å². The van der Waals surface area contributed by atoms with Gasteiger partial charge in [0.25, 0.3) is 0 Å². The molecule has 0 unspecified atom stereocenters. The Morgan fingerprint density at radius 2 is 1.92 bits per heavy atom. The highest BCUT2D eigenvalue weighted by Gasteiger charge is 2.39. The van der Waals surface area contributed by atoms with Crippen molar-refractivity contribution in [2.75, 3.05) is 44.3 Å². The number of ether oxygens (including phenoxy) is 1. The summed E-state index contributed by atoms with van der Waals surface area (Å²) < 4.78 is 6.04. The van der Waals surface area contributed by atoms with E-state index in [0.717, 1.165) is 45.9 Å². The van der Waals surface area contributed by atoms with Gasteiger partial charge >= 0.3 is 0 Å². The first-order valence-electron chi connectivity index (χ1n) is 9.17. The minimum Gasteiger partial charge on any atom is -0.379 e. The molecule has 0 radical (unpaired) electrons. The Balaban J connectivity index is 1.49. The van der Waals surface area contributed by atoms with Gasteiger partial charge in [-0.05, 0) is 43.1 Å². The zero-order chi connectivity index (χ0) is 17.0. The Kier molecular flexibility index (Phi) is 4.95. The molecule has 0 aliphatic carbocycles. The average molecular weight is 338 g/mol. The second kappa shape index (κ2) is 7.50. The standard InChI is InChI=1S/C20H26N4O/c1-4-18(12-21-7-1)14-23-9-3-6-20(15-23)16-24(10-11-25-17-20)19-5-2-8-22-13-19/h1-2,4-5,7-8,12-13H,3,6,9-11,14-17H2/t20-/m1/s1. The summed E-state index contributed by atoms with van der Waals surface area (Å²) in [5.74, 6) is 0. The predicted octanol–water partition coefficient (Wildman–Crippen LogP) is 2.60. The van der Waals surface area contributed by atoms with Crippen molar-refractivity contribution < 1.29 is 4.74 Å². The lowest BCUT2D eigenvalue weighted by Crippen LogP contribution is -2.50. The third kappa shape index (κ3) is 3.99. The minimum absolute atomic E-state index is 0.201. The lowest BCUT2D eigenvalue weighted by Gasteiger charge is -2.44. The lowest BCUT2D eigenvalue weighted by atomic mass is 9.80. The Morgan fingerprint density at radius 3 is 2.72 bits per heavy atom. The van der Waals surface area contributed by atoms with Gasteiger partial charge in [-0.25, -0.2) is 0 Å². The van der Waals surface area contributed by atoms with E-state index in [-0.39, 0.29) is 5.41 Å². The highest BCUT2D eigenvalue weighted by molar-refractivity contribution is 5.44. The lowest BCUT2D eigenvalue weighted by molar-refractivity contribution is 0.0106. The van der Waals surface area contributed by atoms with Crippen molar-refractivity contribution in [1.82, 2.24) is 14.9 Å². The van der Waals surface area contributed by atoms with Crippen molar-refractivity contribution >= 4 is 5.69 Å². The fraction of sp³-hybridized carbons (Fsp3) is 0.500. The van der Waals surface area contributed by atoms with E-state index in [1.807, 2.05) is 36.9 Å². The molecule has 5 nitrogen and oxygen atoms in total. The van der Waals surface area contributed by atoms with Crippen molar-refractivity contribution in [2.24, 2.45) is 5.41 Å². The summed E-state index contributed by atoms with van der Waals surface area (Å²) in [5.41, 5.74) is 2.70. The molecule has 0 saturated carbocycles. The molecule has 2 fully saturated rings. The fourth-order valence-electron chi connectivity index (χ4n) is 4.20. The van der Waals surface area contributed by atoms with Gasteiger partial charge in [0.2, 0.25) is 0 Å². The van der Waals surface area contributed by atoms with Crippen LogP contribution in [0, 0.1) is 5.41 Å². The molecule has 1 atom stereocenters. The van der Waals surface area contributed by atoms with Gasteiger partial charge in [0.1, 0.15) is 0 Å². The predicted molar refractivity (Wildman–Crippen MR) is 98.5 cm³/mol. The van der Waals surface area contributed by atoms with Gasteiger partial charge in [0.05, 0.1) is 25.1 Å². The van der Waals surface area contributed by atoms with Crippen molar-refractivity contribution in [3.63, 3.8) is 0 Å². The molecular weight excluding hydrogens is 312 g/mol. The number of likely N-dealkylation sites (tertiary alicyclic amines) is 1. The third-order valence-electron chi connectivity index (χ3n) is 5.32. The SMILES string of the molecule is c1cncc(CN2CCC[C@@]3(COCCN(c4cccnc4)C3)C2)c1. The van der Waals surface area contributed by atoms with Gasteiger partial charge in [-0.3, -0.25) is 14.9 Å². The summed E-state index contributed by atoms with van der Waals surface area (Å²) in [7, 11) is 0. The molecule has 2 aliphatic heterocycles. The van der Waals surface area contributed by atoms with Crippen LogP contribution in [0.3, 0.4) is 0 Å². The molecule has 132 valence electrons. The number of nitrogens with zero attached hydrogens (tertiary/aromatic N) is 4. The molecular formula is C20H26N4O. The molecule has 0 bridgehead atoms. The number of rotatable bonds is 3. The van der Waals surface area contributed by atoms with Gasteiger partial charge in [-0.1, -0.05) is 6.07 Å². The van der Waals surface area contributed by atoms with Crippen LogP contribution < -0.4 is 4.90 Å². The summed E-state index contributed by atoms with van der Waals surface area (Å²) in [6.45, 7) is 6.84. The summed E-state index contributed by atoms with van der Waals surface area (Å²) in [4.78, 5) is 13.6. The molecule has 4 rings (SSSR count). The van der Waals surface area contributed by atoms with Crippen molar-refractivity contribution in [3.8, 4) is 0 Å². The van der Waals surface area contributed by atoms with E-state index in [0.29, 0.717) is 0 Å². The average Bonchev–Trinajstić information content (AvgIpc) is 2.86. The van der Waals surface area contributed by atoms with E-state index >= 15 is 0 Å². The molecule has 0 N–H and O–H groups in total. The van der Waals surface area contributed by atoms with Crippen LogP contribution >= 0.6 is 0 Å². The van der Waals surface area contributed by atoms with E-state index in [1.54, 1.807) is 0 Å². The number of hydrogen-bond acceptors (Lipinski definition) is 5. The molecule has 25 heavy (non-hydrogen) atoms. The zero-order valence-electron chi connectivity index (χ0n) is 14.7. The maximum Gasteiger partial charge on any atom is 0.0641 e. The Bertz CT molecular complexity index is 666. The van der Waals surface area contributed by atoms with Gasteiger partial charge in [-0.2, -0.15) is 0 Å². The first-order chi connectivity index (χ1) is 12.3. The topological polar surface area (TPSA) is 41.5 Å². The van der Waals surface area contributed by atoms with E-state index in [4.69, 9.17) is 4.74 Å². The summed E-state index contributed by atoms with van der Waals surface area (Å²) in [6.07, 6.45) is 10.1.